The minimum atomic E-state index is -0.0591. The van der Waals surface area contributed by atoms with Crippen LogP contribution in [0, 0.1) is 6.92 Å². The standard InChI is InChI=1S/C21H21N3O2S/c1-14-6-8-16(9-7-14)24-21(18-12-27-13-19(18)23-24)22-20(25)11-15-4-3-5-17(10-15)26-2/h3-10H,11-13H2,1-2H3,(H,22,25). The predicted octanol–water partition coefficient (Wildman–Crippen LogP) is 4.12. The Labute approximate surface area is 162 Å². The largest absolute Gasteiger partial charge is 0.497 e. The molecule has 2 heterocycles. The van der Waals surface area contributed by atoms with Crippen molar-refractivity contribution in [2.45, 2.75) is 24.9 Å². The summed E-state index contributed by atoms with van der Waals surface area (Å²) in [6, 6.07) is 15.8. The number of carbonyl (C=O) groups is 1. The molecule has 0 radical (unpaired) electrons. The molecule has 0 unspecified atom stereocenters. The maximum Gasteiger partial charge on any atom is 0.229 e. The van der Waals surface area contributed by atoms with Crippen LogP contribution in [0.3, 0.4) is 0 Å². The summed E-state index contributed by atoms with van der Waals surface area (Å²) in [6.07, 6.45) is 0.290. The van der Waals surface area contributed by atoms with Gasteiger partial charge in [0.25, 0.3) is 0 Å². The number of hydrogen-bond donors (Lipinski definition) is 1. The van der Waals surface area contributed by atoms with Crippen LogP contribution in [-0.4, -0.2) is 22.8 Å². The number of amides is 1. The minimum absolute atomic E-state index is 0.0591. The number of nitrogens with zero attached hydrogens (tertiary/aromatic N) is 2. The predicted molar refractivity (Wildman–Crippen MR) is 109 cm³/mol. The van der Waals surface area contributed by atoms with Gasteiger partial charge in [0.2, 0.25) is 5.91 Å². The Morgan fingerprint density at radius 1 is 1.22 bits per heavy atom. The highest BCUT2D eigenvalue weighted by Gasteiger charge is 2.24. The summed E-state index contributed by atoms with van der Waals surface area (Å²) in [4.78, 5) is 12.7. The van der Waals surface area contributed by atoms with Crippen molar-refractivity contribution >= 4 is 23.5 Å². The molecule has 0 spiro atoms. The van der Waals surface area contributed by atoms with E-state index in [0.29, 0.717) is 0 Å². The number of hydrogen-bond acceptors (Lipinski definition) is 4. The maximum atomic E-state index is 12.7. The molecule has 2 aromatic carbocycles. The molecule has 0 saturated carbocycles. The summed E-state index contributed by atoms with van der Waals surface area (Å²) in [5, 5.41) is 7.84. The fourth-order valence-electron chi connectivity index (χ4n) is 3.16. The Morgan fingerprint density at radius 2 is 2.04 bits per heavy atom. The normalized spacial score (nSPS) is 12.7. The lowest BCUT2D eigenvalue weighted by molar-refractivity contribution is -0.115. The van der Waals surface area contributed by atoms with Gasteiger partial charge in [-0.2, -0.15) is 16.9 Å². The van der Waals surface area contributed by atoms with Crippen LogP contribution in [0.1, 0.15) is 22.4 Å². The molecule has 1 amide bonds. The van der Waals surface area contributed by atoms with Crippen molar-refractivity contribution in [3.63, 3.8) is 0 Å². The molecule has 138 valence electrons. The van der Waals surface area contributed by atoms with Crippen LogP contribution in [0.5, 0.6) is 5.75 Å². The molecule has 27 heavy (non-hydrogen) atoms. The molecule has 0 atom stereocenters. The maximum absolute atomic E-state index is 12.7. The molecule has 0 bridgehead atoms. The fraction of sp³-hybridized carbons (Fsp3) is 0.238. The highest BCUT2D eigenvalue weighted by Crippen LogP contribution is 2.36. The summed E-state index contributed by atoms with van der Waals surface area (Å²) >= 11 is 1.82. The topological polar surface area (TPSA) is 56.1 Å². The number of aryl methyl sites for hydroxylation is 1. The SMILES string of the molecule is COc1cccc(CC(=O)Nc2c3c(nn2-c2ccc(C)cc2)CSC3)c1. The Bertz CT molecular complexity index is 980. The van der Waals surface area contributed by atoms with Gasteiger partial charge in [-0.1, -0.05) is 29.8 Å². The fourth-order valence-corrected chi connectivity index (χ4v) is 4.19. The number of benzene rings is 2. The lowest BCUT2D eigenvalue weighted by atomic mass is 10.1. The van der Waals surface area contributed by atoms with E-state index in [1.54, 1.807) is 7.11 Å². The molecule has 1 aromatic heterocycles. The van der Waals surface area contributed by atoms with Gasteiger partial charge in [0.15, 0.2) is 0 Å². The molecule has 1 aliphatic rings. The zero-order valence-corrected chi connectivity index (χ0v) is 16.2. The van der Waals surface area contributed by atoms with E-state index in [-0.39, 0.29) is 12.3 Å². The van der Waals surface area contributed by atoms with Crippen LogP contribution in [-0.2, 0) is 22.7 Å². The third-order valence-electron chi connectivity index (χ3n) is 4.59. The van der Waals surface area contributed by atoms with Gasteiger partial charge in [-0.3, -0.25) is 4.79 Å². The van der Waals surface area contributed by atoms with Crippen LogP contribution in [0.2, 0.25) is 0 Å². The van der Waals surface area contributed by atoms with Crippen molar-refractivity contribution in [1.29, 1.82) is 0 Å². The summed E-state index contributed by atoms with van der Waals surface area (Å²) in [6.45, 7) is 2.06. The molecule has 6 heteroatoms. The van der Waals surface area contributed by atoms with Crippen molar-refractivity contribution in [3.8, 4) is 11.4 Å². The van der Waals surface area contributed by atoms with Gasteiger partial charge in [-0.15, -0.1) is 0 Å². The average Bonchev–Trinajstić information content (AvgIpc) is 3.25. The molecule has 5 nitrogen and oxygen atoms in total. The summed E-state index contributed by atoms with van der Waals surface area (Å²) in [5.74, 6) is 3.23. The first-order valence-electron chi connectivity index (χ1n) is 8.82. The quantitative estimate of drug-likeness (QED) is 0.725. The van der Waals surface area contributed by atoms with E-state index in [0.717, 1.165) is 45.6 Å². The first-order valence-corrected chi connectivity index (χ1v) is 9.98. The van der Waals surface area contributed by atoms with Crippen LogP contribution in [0.25, 0.3) is 5.69 Å². The smallest absolute Gasteiger partial charge is 0.229 e. The van der Waals surface area contributed by atoms with Gasteiger partial charge in [0, 0.05) is 17.1 Å². The molecule has 3 aromatic rings. The zero-order chi connectivity index (χ0) is 18.8. The first kappa shape index (κ1) is 17.7. The van der Waals surface area contributed by atoms with Gasteiger partial charge in [0.1, 0.15) is 11.6 Å². The molecule has 0 fully saturated rings. The highest BCUT2D eigenvalue weighted by molar-refractivity contribution is 7.98. The van der Waals surface area contributed by atoms with E-state index in [2.05, 4.69) is 24.4 Å². The molecule has 4 rings (SSSR count). The zero-order valence-electron chi connectivity index (χ0n) is 15.4. The van der Waals surface area contributed by atoms with Crippen LogP contribution in [0.15, 0.2) is 48.5 Å². The van der Waals surface area contributed by atoms with E-state index in [1.165, 1.54) is 5.56 Å². The second-order valence-corrected chi connectivity index (χ2v) is 7.58. The van der Waals surface area contributed by atoms with Gasteiger partial charge >= 0.3 is 0 Å². The van der Waals surface area contributed by atoms with Gasteiger partial charge in [-0.25, -0.2) is 4.68 Å². The average molecular weight is 379 g/mol. The Hall–Kier alpha value is -2.73. The van der Waals surface area contributed by atoms with E-state index in [1.807, 2.05) is 52.8 Å². The lowest BCUT2D eigenvalue weighted by Gasteiger charge is -2.12. The van der Waals surface area contributed by atoms with E-state index in [9.17, 15) is 4.79 Å². The second kappa shape index (κ2) is 7.48. The molecular weight excluding hydrogens is 358 g/mol. The van der Waals surface area contributed by atoms with E-state index >= 15 is 0 Å². The van der Waals surface area contributed by atoms with Gasteiger partial charge < -0.3 is 10.1 Å². The van der Waals surface area contributed by atoms with Gasteiger partial charge in [0.05, 0.1) is 24.9 Å². The van der Waals surface area contributed by atoms with Crippen LogP contribution < -0.4 is 10.1 Å². The minimum Gasteiger partial charge on any atom is -0.497 e. The Balaban J connectivity index is 1.61. The van der Waals surface area contributed by atoms with Crippen molar-refractivity contribution < 1.29 is 9.53 Å². The highest BCUT2D eigenvalue weighted by atomic mass is 32.2. The Morgan fingerprint density at radius 3 is 2.81 bits per heavy atom. The number of aromatic nitrogens is 2. The number of rotatable bonds is 5. The second-order valence-electron chi connectivity index (χ2n) is 6.59. The van der Waals surface area contributed by atoms with Crippen LogP contribution >= 0.6 is 11.8 Å². The van der Waals surface area contributed by atoms with Crippen molar-refractivity contribution in [1.82, 2.24) is 9.78 Å². The molecule has 1 aliphatic heterocycles. The number of nitrogens with one attached hydrogen (secondary N) is 1. The number of fused-ring (bicyclic) bond motifs is 1. The summed E-state index contributed by atoms with van der Waals surface area (Å²) in [5.41, 5.74) is 5.24. The van der Waals surface area contributed by atoms with Crippen LogP contribution in [0.4, 0.5) is 5.82 Å². The Kier molecular flexibility index (Phi) is 4.90. The van der Waals surface area contributed by atoms with Gasteiger partial charge in [-0.05, 0) is 36.8 Å². The third-order valence-corrected chi connectivity index (χ3v) is 5.56. The number of ether oxygens (including phenoxy) is 1. The van der Waals surface area contributed by atoms with Crippen molar-refractivity contribution in [3.05, 3.63) is 70.9 Å². The number of thioether (sulfide) groups is 1. The molecule has 1 N–H and O–H groups in total. The van der Waals surface area contributed by atoms with E-state index in [4.69, 9.17) is 9.84 Å². The number of carbonyl (C=O) groups excluding carboxylic acids is 1. The monoisotopic (exact) mass is 379 g/mol. The molecular formula is C21H21N3O2S. The third kappa shape index (κ3) is 3.71. The van der Waals surface area contributed by atoms with E-state index < -0.39 is 0 Å². The first-order chi connectivity index (χ1) is 13.1. The lowest BCUT2D eigenvalue weighted by Crippen LogP contribution is -2.18. The van der Waals surface area contributed by atoms with Crippen molar-refractivity contribution in [2.24, 2.45) is 0 Å². The number of methoxy groups -OCH3 is 1. The molecule has 0 aliphatic carbocycles. The summed E-state index contributed by atoms with van der Waals surface area (Å²) in [7, 11) is 1.63. The number of anilines is 1. The molecule has 0 saturated heterocycles. The summed E-state index contributed by atoms with van der Waals surface area (Å²) < 4.78 is 7.10. The van der Waals surface area contributed by atoms with Crippen molar-refractivity contribution in [2.75, 3.05) is 12.4 Å².